The molecular formula is C17H19BrN2O3. The third-order valence-electron chi connectivity index (χ3n) is 3.10. The number of hydrogen-bond donors (Lipinski definition) is 1. The summed E-state index contributed by atoms with van der Waals surface area (Å²) in [5.41, 5.74) is 1.95. The van der Waals surface area contributed by atoms with Gasteiger partial charge in [-0.2, -0.15) is 0 Å². The topological polar surface area (TPSA) is 63.0 Å². The van der Waals surface area contributed by atoms with Crippen molar-refractivity contribution >= 4 is 17.8 Å². The zero-order valence-electron chi connectivity index (χ0n) is 13.1. The molecule has 2 aromatic rings. The molecule has 6 heteroatoms. The smallest absolute Gasteiger partial charge is 0.330 e. The van der Waals surface area contributed by atoms with Crippen LogP contribution >= 0.6 is 0 Å². The predicted octanol–water partition coefficient (Wildman–Crippen LogP) is -0.867. The van der Waals surface area contributed by atoms with Gasteiger partial charge in [-0.05, 0) is 30.2 Å². The van der Waals surface area contributed by atoms with Crippen LogP contribution in [0.2, 0.25) is 0 Å². The number of nitrogens with one attached hydrogen (secondary N) is 1. The van der Waals surface area contributed by atoms with Crippen LogP contribution in [0.3, 0.4) is 0 Å². The summed E-state index contributed by atoms with van der Waals surface area (Å²) in [5.74, 6) is 0.197. The van der Waals surface area contributed by atoms with Gasteiger partial charge in [0.2, 0.25) is 5.78 Å². The predicted molar refractivity (Wildman–Crippen MR) is 82.2 cm³/mol. The van der Waals surface area contributed by atoms with Gasteiger partial charge in [-0.3, -0.25) is 4.79 Å². The Balaban J connectivity index is 0.00000264. The van der Waals surface area contributed by atoms with Gasteiger partial charge in [0.15, 0.2) is 0 Å². The lowest BCUT2D eigenvalue weighted by Gasteiger charge is -2.02. The van der Waals surface area contributed by atoms with Crippen LogP contribution in [0.25, 0.3) is 6.08 Å². The molecule has 0 radical (unpaired) electrons. The first-order chi connectivity index (χ1) is 10.6. The molecule has 2 rings (SSSR count). The Kier molecular flexibility index (Phi) is 7.41. The van der Waals surface area contributed by atoms with E-state index in [0.29, 0.717) is 19.0 Å². The summed E-state index contributed by atoms with van der Waals surface area (Å²) in [4.78, 5) is 25.8. The van der Waals surface area contributed by atoms with Crippen LogP contribution in [-0.4, -0.2) is 23.3 Å². The molecule has 1 aromatic heterocycles. The highest BCUT2D eigenvalue weighted by Crippen LogP contribution is 2.07. The second-order valence-corrected chi connectivity index (χ2v) is 4.82. The van der Waals surface area contributed by atoms with E-state index in [4.69, 9.17) is 4.74 Å². The molecule has 0 bridgehead atoms. The molecule has 0 aliphatic carbocycles. The Morgan fingerprint density at radius 1 is 1.35 bits per heavy atom. The molecule has 122 valence electrons. The van der Waals surface area contributed by atoms with E-state index in [1.807, 2.05) is 35.0 Å². The van der Waals surface area contributed by atoms with Crippen molar-refractivity contribution in [3.63, 3.8) is 0 Å². The highest BCUT2D eigenvalue weighted by Gasteiger charge is 2.15. The van der Waals surface area contributed by atoms with Crippen LogP contribution in [0, 0.1) is 0 Å². The second-order valence-electron chi connectivity index (χ2n) is 4.82. The van der Waals surface area contributed by atoms with Crippen molar-refractivity contribution in [3.8, 4) is 0 Å². The summed E-state index contributed by atoms with van der Waals surface area (Å²) in [6.45, 7) is 4.24. The molecule has 1 heterocycles. The Hall–Kier alpha value is -2.21. The molecule has 5 nitrogen and oxygen atoms in total. The minimum Gasteiger partial charge on any atom is -1.00 e. The number of carbonyl (C=O) groups is 2. The number of hydrogen-bond acceptors (Lipinski definition) is 3. The number of H-pyrrole nitrogens is 1. The molecule has 0 atom stereocenters. The van der Waals surface area contributed by atoms with Crippen molar-refractivity contribution in [2.24, 2.45) is 0 Å². The van der Waals surface area contributed by atoms with E-state index in [1.165, 1.54) is 13.0 Å². The van der Waals surface area contributed by atoms with Gasteiger partial charge >= 0.3 is 11.8 Å². The number of benzene rings is 1. The fraction of sp³-hybridized carbons (Fsp3) is 0.235. The molecule has 0 saturated carbocycles. The number of halogens is 1. The minimum absolute atomic E-state index is 0. The first-order valence-electron chi connectivity index (χ1n) is 7.11. The molecule has 0 amide bonds. The lowest BCUT2D eigenvalue weighted by Crippen LogP contribution is -3.00. The van der Waals surface area contributed by atoms with Gasteiger partial charge in [0.25, 0.3) is 0 Å². The standard InChI is InChI=1S/C17H18N2O3.BrH/c1-3-22-16(21)8-7-14-5-4-6-15(11-14)12-19-10-9-18-17(19)13(2)20;/h4-11H,3,12H2,1-2H3;1H. The maximum Gasteiger partial charge on any atom is 0.330 e. The molecule has 0 aliphatic heterocycles. The van der Waals surface area contributed by atoms with E-state index in [2.05, 4.69) is 4.98 Å². The molecule has 1 N–H and O–H groups in total. The summed E-state index contributed by atoms with van der Waals surface area (Å²) < 4.78 is 6.71. The van der Waals surface area contributed by atoms with Crippen LogP contribution < -0.4 is 21.5 Å². The lowest BCUT2D eigenvalue weighted by molar-refractivity contribution is -0.688. The van der Waals surface area contributed by atoms with Gasteiger partial charge in [0.05, 0.1) is 6.61 Å². The quantitative estimate of drug-likeness (QED) is 0.307. The van der Waals surface area contributed by atoms with Gasteiger partial charge < -0.3 is 21.7 Å². The molecule has 0 aliphatic rings. The third-order valence-corrected chi connectivity index (χ3v) is 3.10. The van der Waals surface area contributed by atoms with Gasteiger partial charge in [-0.1, -0.05) is 18.2 Å². The van der Waals surface area contributed by atoms with E-state index in [-0.39, 0.29) is 28.7 Å². The van der Waals surface area contributed by atoms with Crippen LogP contribution in [0.15, 0.2) is 42.7 Å². The van der Waals surface area contributed by atoms with E-state index >= 15 is 0 Å². The number of aromatic nitrogens is 2. The van der Waals surface area contributed by atoms with Crippen LogP contribution in [0.1, 0.15) is 35.6 Å². The van der Waals surface area contributed by atoms with E-state index < -0.39 is 0 Å². The first-order valence-corrected chi connectivity index (χ1v) is 7.11. The monoisotopic (exact) mass is 378 g/mol. The van der Waals surface area contributed by atoms with Crippen molar-refractivity contribution < 1.29 is 35.9 Å². The number of Topliss-reactive ketones (excluding diaryl/α,β-unsaturated/α-hetero) is 1. The molecular weight excluding hydrogens is 360 g/mol. The van der Waals surface area contributed by atoms with Crippen LogP contribution in [0.4, 0.5) is 0 Å². The molecule has 0 unspecified atom stereocenters. The molecule has 1 aromatic carbocycles. The van der Waals surface area contributed by atoms with Gasteiger partial charge in [-0.15, -0.1) is 0 Å². The zero-order valence-corrected chi connectivity index (χ0v) is 14.7. The Labute approximate surface area is 145 Å². The number of imidazole rings is 1. The molecule has 23 heavy (non-hydrogen) atoms. The average Bonchev–Trinajstić information content (AvgIpc) is 2.94. The summed E-state index contributed by atoms with van der Waals surface area (Å²) in [6.07, 6.45) is 6.70. The minimum atomic E-state index is -0.355. The van der Waals surface area contributed by atoms with E-state index in [1.54, 1.807) is 19.2 Å². The summed E-state index contributed by atoms with van der Waals surface area (Å²) in [5, 5.41) is 0. The van der Waals surface area contributed by atoms with Crippen LogP contribution in [0.5, 0.6) is 0 Å². The number of esters is 1. The van der Waals surface area contributed by atoms with Crippen LogP contribution in [-0.2, 0) is 16.1 Å². The van der Waals surface area contributed by atoms with Crippen molar-refractivity contribution in [1.82, 2.24) is 4.98 Å². The number of ether oxygens (including phenoxy) is 1. The number of nitrogens with zero attached hydrogens (tertiary/aromatic N) is 1. The number of ketones is 1. The zero-order chi connectivity index (χ0) is 15.9. The van der Waals surface area contributed by atoms with E-state index in [9.17, 15) is 9.59 Å². The van der Waals surface area contributed by atoms with Crippen molar-refractivity contribution in [1.29, 1.82) is 0 Å². The SMILES string of the molecule is CCOC(=O)C=Cc1cccc(C[n+]2cc[nH]c2C(C)=O)c1.[Br-]. The first kappa shape index (κ1) is 18.8. The lowest BCUT2D eigenvalue weighted by atomic mass is 10.1. The van der Waals surface area contributed by atoms with Crippen molar-refractivity contribution in [2.45, 2.75) is 20.4 Å². The van der Waals surface area contributed by atoms with Gasteiger partial charge in [-0.25, -0.2) is 14.3 Å². The molecule has 0 saturated heterocycles. The Morgan fingerprint density at radius 2 is 2.13 bits per heavy atom. The maximum absolute atomic E-state index is 11.5. The second kappa shape index (κ2) is 9.05. The van der Waals surface area contributed by atoms with Crippen molar-refractivity contribution in [2.75, 3.05) is 6.61 Å². The Morgan fingerprint density at radius 3 is 2.83 bits per heavy atom. The largest absolute Gasteiger partial charge is 1.00 e. The molecule has 0 fully saturated rings. The fourth-order valence-corrected chi connectivity index (χ4v) is 2.15. The number of rotatable bonds is 6. The van der Waals surface area contributed by atoms with Gasteiger partial charge in [0, 0.05) is 13.0 Å². The number of carbonyl (C=O) groups excluding carboxylic acids is 2. The van der Waals surface area contributed by atoms with Crippen molar-refractivity contribution in [3.05, 3.63) is 59.7 Å². The highest BCUT2D eigenvalue weighted by atomic mass is 79.9. The summed E-state index contributed by atoms with van der Waals surface area (Å²) >= 11 is 0. The summed E-state index contributed by atoms with van der Waals surface area (Å²) in [6, 6.07) is 7.78. The average molecular weight is 379 g/mol. The Bertz CT molecular complexity index is 707. The normalized spacial score (nSPS) is 10.3. The fourth-order valence-electron chi connectivity index (χ4n) is 2.15. The summed E-state index contributed by atoms with van der Waals surface area (Å²) in [7, 11) is 0. The maximum atomic E-state index is 11.5. The third kappa shape index (κ3) is 5.49. The van der Waals surface area contributed by atoms with Gasteiger partial charge in [0.1, 0.15) is 18.9 Å². The molecule has 0 spiro atoms. The number of aromatic amines is 1. The van der Waals surface area contributed by atoms with E-state index in [0.717, 1.165) is 11.1 Å². The highest BCUT2D eigenvalue weighted by molar-refractivity contribution is 5.88.